The van der Waals surface area contributed by atoms with Crippen LogP contribution in [0.15, 0.2) is 41.8 Å². The molecule has 0 aliphatic rings. The monoisotopic (exact) mass is 333 g/mol. The van der Waals surface area contributed by atoms with E-state index >= 15 is 0 Å². The molecule has 3 N–H and O–H groups in total. The van der Waals surface area contributed by atoms with Crippen molar-refractivity contribution in [1.82, 2.24) is 20.7 Å². The Balaban J connectivity index is 1.68. The first-order chi connectivity index (χ1) is 10.7. The van der Waals surface area contributed by atoms with E-state index in [4.69, 9.17) is 11.6 Å². The standard InChI is InChI=1S/C14H12ClN5OS/c15-9-3-5-10(6-4-9)17-13-12(18-20-19-13)14(21)16-8-11-2-1-7-22-11/h1-7H,8H2,(H,16,21)(H2,17,18,19,20). The fraction of sp³-hybridized carbons (Fsp3) is 0.0714. The lowest BCUT2D eigenvalue weighted by molar-refractivity contribution is 0.0947. The summed E-state index contributed by atoms with van der Waals surface area (Å²) in [5.41, 5.74) is 0.983. The Morgan fingerprint density at radius 1 is 1.23 bits per heavy atom. The number of benzene rings is 1. The Hall–Kier alpha value is -2.38. The van der Waals surface area contributed by atoms with Crippen molar-refractivity contribution < 1.29 is 4.79 Å². The predicted octanol–water partition coefficient (Wildman–Crippen LogP) is 3.19. The third-order valence-electron chi connectivity index (χ3n) is 2.87. The summed E-state index contributed by atoms with van der Waals surface area (Å²) < 4.78 is 0. The van der Waals surface area contributed by atoms with E-state index < -0.39 is 0 Å². The molecule has 0 aliphatic carbocycles. The second kappa shape index (κ2) is 6.59. The predicted molar refractivity (Wildman–Crippen MR) is 86.6 cm³/mol. The minimum atomic E-state index is -0.293. The highest BCUT2D eigenvalue weighted by atomic mass is 35.5. The van der Waals surface area contributed by atoms with E-state index in [1.807, 2.05) is 17.5 Å². The molecule has 0 radical (unpaired) electrons. The highest BCUT2D eigenvalue weighted by molar-refractivity contribution is 7.09. The molecule has 2 aromatic heterocycles. The number of nitrogens with zero attached hydrogens (tertiary/aromatic N) is 2. The molecular formula is C14H12ClN5OS. The van der Waals surface area contributed by atoms with Gasteiger partial charge in [0.1, 0.15) is 0 Å². The van der Waals surface area contributed by atoms with E-state index in [1.54, 1.807) is 35.6 Å². The number of nitrogens with one attached hydrogen (secondary N) is 3. The summed E-state index contributed by atoms with van der Waals surface area (Å²) in [5, 5.41) is 18.8. The van der Waals surface area contributed by atoms with Crippen molar-refractivity contribution in [2.75, 3.05) is 5.32 Å². The summed E-state index contributed by atoms with van der Waals surface area (Å²) in [7, 11) is 0. The molecule has 0 fully saturated rings. The first-order valence-corrected chi connectivity index (χ1v) is 7.72. The maximum atomic E-state index is 12.2. The topological polar surface area (TPSA) is 82.7 Å². The van der Waals surface area contributed by atoms with Gasteiger partial charge in [-0.2, -0.15) is 5.21 Å². The van der Waals surface area contributed by atoms with Gasteiger partial charge in [-0.05, 0) is 35.7 Å². The summed E-state index contributed by atoms with van der Waals surface area (Å²) in [6, 6.07) is 11.0. The largest absolute Gasteiger partial charge is 0.346 e. The number of carbonyl (C=O) groups excluding carboxylic acids is 1. The summed E-state index contributed by atoms with van der Waals surface area (Å²) in [6.07, 6.45) is 0. The van der Waals surface area contributed by atoms with Crippen molar-refractivity contribution in [3.63, 3.8) is 0 Å². The molecule has 0 saturated carbocycles. The number of aromatic amines is 1. The van der Waals surface area contributed by atoms with Gasteiger partial charge in [-0.25, -0.2) is 0 Å². The van der Waals surface area contributed by atoms with Crippen molar-refractivity contribution in [2.45, 2.75) is 6.54 Å². The van der Waals surface area contributed by atoms with E-state index in [0.29, 0.717) is 17.4 Å². The minimum absolute atomic E-state index is 0.214. The molecule has 2 heterocycles. The van der Waals surface area contributed by atoms with Crippen molar-refractivity contribution >= 4 is 40.4 Å². The fourth-order valence-corrected chi connectivity index (χ4v) is 2.58. The zero-order valence-electron chi connectivity index (χ0n) is 11.3. The lowest BCUT2D eigenvalue weighted by Crippen LogP contribution is -2.23. The number of rotatable bonds is 5. The summed E-state index contributed by atoms with van der Waals surface area (Å²) in [5.74, 6) is 0.0737. The number of H-pyrrole nitrogens is 1. The van der Waals surface area contributed by atoms with Crippen LogP contribution in [0, 0.1) is 0 Å². The van der Waals surface area contributed by atoms with Gasteiger partial charge in [0.15, 0.2) is 11.5 Å². The number of halogens is 1. The van der Waals surface area contributed by atoms with Gasteiger partial charge in [0.25, 0.3) is 5.91 Å². The molecule has 0 aliphatic heterocycles. The van der Waals surface area contributed by atoms with Crippen LogP contribution >= 0.6 is 22.9 Å². The second-order valence-electron chi connectivity index (χ2n) is 4.41. The van der Waals surface area contributed by atoms with Crippen LogP contribution in [0.4, 0.5) is 11.5 Å². The van der Waals surface area contributed by atoms with Crippen LogP contribution in [-0.2, 0) is 6.54 Å². The van der Waals surface area contributed by atoms with Crippen molar-refractivity contribution in [3.8, 4) is 0 Å². The summed E-state index contributed by atoms with van der Waals surface area (Å²) >= 11 is 7.42. The quantitative estimate of drug-likeness (QED) is 0.669. The van der Waals surface area contributed by atoms with E-state index in [-0.39, 0.29) is 11.6 Å². The summed E-state index contributed by atoms with van der Waals surface area (Å²) in [6.45, 7) is 0.462. The normalized spacial score (nSPS) is 10.4. The average Bonchev–Trinajstić information content (AvgIpc) is 3.18. The van der Waals surface area contributed by atoms with Gasteiger partial charge in [0, 0.05) is 15.6 Å². The maximum absolute atomic E-state index is 12.2. The van der Waals surface area contributed by atoms with Crippen molar-refractivity contribution in [2.24, 2.45) is 0 Å². The molecule has 0 atom stereocenters. The van der Waals surface area contributed by atoms with Crippen LogP contribution in [0.25, 0.3) is 0 Å². The first kappa shape index (κ1) is 14.6. The van der Waals surface area contributed by atoms with E-state index in [0.717, 1.165) is 10.6 Å². The molecule has 3 rings (SSSR count). The molecular weight excluding hydrogens is 322 g/mol. The Morgan fingerprint density at radius 2 is 2.05 bits per heavy atom. The average molecular weight is 334 g/mol. The van der Waals surface area contributed by atoms with Crippen LogP contribution in [0.2, 0.25) is 5.02 Å². The number of hydrogen-bond acceptors (Lipinski definition) is 5. The Kier molecular flexibility index (Phi) is 4.36. The molecule has 8 heteroatoms. The maximum Gasteiger partial charge on any atom is 0.276 e. The number of amides is 1. The Bertz CT molecular complexity index is 754. The van der Waals surface area contributed by atoms with Crippen LogP contribution in [0.5, 0.6) is 0 Å². The number of thiophene rings is 1. The molecule has 0 bridgehead atoms. The number of anilines is 2. The molecule has 0 spiro atoms. The van der Waals surface area contributed by atoms with Gasteiger partial charge in [-0.1, -0.05) is 17.7 Å². The third-order valence-corrected chi connectivity index (χ3v) is 4.00. The summed E-state index contributed by atoms with van der Waals surface area (Å²) in [4.78, 5) is 13.2. The SMILES string of the molecule is O=C(NCc1cccs1)c1n[nH]nc1Nc1ccc(Cl)cc1. The molecule has 0 unspecified atom stereocenters. The third kappa shape index (κ3) is 3.44. The molecule has 112 valence electrons. The smallest absolute Gasteiger partial charge is 0.276 e. The highest BCUT2D eigenvalue weighted by Crippen LogP contribution is 2.19. The zero-order chi connectivity index (χ0) is 15.4. The van der Waals surface area contributed by atoms with Crippen LogP contribution in [-0.4, -0.2) is 21.3 Å². The lowest BCUT2D eigenvalue weighted by Gasteiger charge is -2.05. The molecule has 3 aromatic rings. The molecule has 1 amide bonds. The van der Waals surface area contributed by atoms with E-state index in [9.17, 15) is 4.79 Å². The zero-order valence-corrected chi connectivity index (χ0v) is 12.9. The Labute approximate surface area is 135 Å². The molecule has 22 heavy (non-hydrogen) atoms. The van der Waals surface area contributed by atoms with Crippen LogP contribution < -0.4 is 10.6 Å². The lowest BCUT2D eigenvalue weighted by atomic mass is 10.3. The van der Waals surface area contributed by atoms with Gasteiger partial charge < -0.3 is 10.6 Å². The van der Waals surface area contributed by atoms with Gasteiger partial charge in [0.2, 0.25) is 0 Å². The molecule has 6 nitrogen and oxygen atoms in total. The first-order valence-electron chi connectivity index (χ1n) is 6.46. The molecule has 1 aromatic carbocycles. The van der Waals surface area contributed by atoms with Crippen LogP contribution in [0.1, 0.15) is 15.4 Å². The van der Waals surface area contributed by atoms with Gasteiger partial charge in [-0.3, -0.25) is 4.79 Å². The van der Waals surface area contributed by atoms with E-state index in [1.165, 1.54) is 0 Å². The molecule has 0 saturated heterocycles. The van der Waals surface area contributed by atoms with Gasteiger partial charge >= 0.3 is 0 Å². The fourth-order valence-electron chi connectivity index (χ4n) is 1.81. The number of hydrogen-bond donors (Lipinski definition) is 3. The van der Waals surface area contributed by atoms with Crippen molar-refractivity contribution in [1.29, 1.82) is 0 Å². The highest BCUT2D eigenvalue weighted by Gasteiger charge is 2.16. The van der Waals surface area contributed by atoms with E-state index in [2.05, 4.69) is 26.0 Å². The minimum Gasteiger partial charge on any atom is -0.346 e. The van der Waals surface area contributed by atoms with Crippen LogP contribution in [0.3, 0.4) is 0 Å². The van der Waals surface area contributed by atoms with Gasteiger partial charge in [0.05, 0.1) is 6.54 Å². The number of carbonyl (C=O) groups is 1. The van der Waals surface area contributed by atoms with Crippen molar-refractivity contribution in [3.05, 3.63) is 57.4 Å². The second-order valence-corrected chi connectivity index (χ2v) is 5.88. The number of aromatic nitrogens is 3. The Morgan fingerprint density at radius 3 is 2.77 bits per heavy atom. The van der Waals surface area contributed by atoms with Gasteiger partial charge in [-0.15, -0.1) is 21.5 Å².